The molecule has 2 rings (SSSR count). The number of aromatic nitrogens is 4. The van der Waals surface area contributed by atoms with Crippen LogP contribution in [0.15, 0.2) is 29.5 Å². The van der Waals surface area contributed by atoms with Crippen molar-refractivity contribution in [3.05, 3.63) is 30.8 Å². The minimum Gasteiger partial charge on any atom is -0.361 e. The molecule has 0 atom stereocenters. The van der Waals surface area contributed by atoms with Crippen molar-refractivity contribution in [3.8, 4) is 0 Å². The zero-order valence-electron chi connectivity index (χ0n) is 6.71. The van der Waals surface area contributed by atoms with Crippen LogP contribution in [0, 0.1) is 0 Å². The lowest BCUT2D eigenvalue weighted by atomic mass is 10.5. The molecule has 0 aliphatic rings. The number of nitrogens with zero attached hydrogens (tertiary/aromatic N) is 4. The molecule has 0 unspecified atom stereocenters. The van der Waals surface area contributed by atoms with Gasteiger partial charge in [0.25, 0.3) is 0 Å². The van der Waals surface area contributed by atoms with Crippen LogP contribution in [-0.4, -0.2) is 20.1 Å². The highest BCUT2D eigenvalue weighted by Gasteiger charge is 1.97. The van der Waals surface area contributed by atoms with Crippen molar-refractivity contribution in [3.63, 3.8) is 0 Å². The maximum Gasteiger partial charge on any atom is 0.213 e. The van der Waals surface area contributed by atoms with Crippen molar-refractivity contribution in [1.29, 1.82) is 0 Å². The van der Waals surface area contributed by atoms with E-state index < -0.39 is 0 Å². The number of hydrogen-bond acceptors (Lipinski definition) is 6. The monoisotopic (exact) mass is 177 g/mol. The quantitative estimate of drug-likeness (QED) is 0.734. The van der Waals surface area contributed by atoms with Crippen molar-refractivity contribution < 1.29 is 4.52 Å². The van der Waals surface area contributed by atoms with Gasteiger partial charge < -0.3 is 9.84 Å². The molecule has 0 aromatic carbocycles. The Morgan fingerprint density at radius 3 is 3.00 bits per heavy atom. The van der Waals surface area contributed by atoms with E-state index in [1.807, 2.05) is 0 Å². The fourth-order valence-electron chi connectivity index (χ4n) is 0.830. The summed E-state index contributed by atoms with van der Waals surface area (Å²) in [6.07, 6.45) is 6.13. The molecule has 0 aliphatic carbocycles. The van der Waals surface area contributed by atoms with E-state index in [1.54, 1.807) is 18.6 Å². The largest absolute Gasteiger partial charge is 0.361 e. The van der Waals surface area contributed by atoms with Gasteiger partial charge in [-0.3, -0.25) is 4.98 Å². The van der Waals surface area contributed by atoms with Gasteiger partial charge in [0, 0.05) is 12.4 Å². The molecule has 0 radical (unpaired) electrons. The maximum absolute atomic E-state index is 4.57. The Hall–Kier alpha value is -1.98. The van der Waals surface area contributed by atoms with Gasteiger partial charge in [-0.2, -0.15) is 4.98 Å². The highest BCUT2D eigenvalue weighted by molar-refractivity contribution is 5.29. The first-order chi connectivity index (χ1) is 6.45. The summed E-state index contributed by atoms with van der Waals surface area (Å²) in [6, 6.07) is 0. The number of rotatable bonds is 3. The SMILES string of the molecule is c1cnc(NCc2ncon2)cn1. The van der Waals surface area contributed by atoms with Gasteiger partial charge in [-0.1, -0.05) is 5.16 Å². The molecule has 0 spiro atoms. The van der Waals surface area contributed by atoms with Crippen molar-refractivity contribution in [1.82, 2.24) is 20.1 Å². The Bertz CT molecular complexity index is 346. The number of hydrogen-bond donors (Lipinski definition) is 1. The third kappa shape index (κ3) is 1.98. The van der Waals surface area contributed by atoms with Crippen molar-refractivity contribution in [2.24, 2.45) is 0 Å². The first kappa shape index (κ1) is 7.66. The predicted octanol–water partition coefficient (Wildman–Crippen LogP) is 0.472. The van der Waals surface area contributed by atoms with Gasteiger partial charge in [0.2, 0.25) is 6.39 Å². The summed E-state index contributed by atoms with van der Waals surface area (Å²) in [5.74, 6) is 1.28. The second-order valence-corrected chi connectivity index (χ2v) is 2.29. The van der Waals surface area contributed by atoms with E-state index >= 15 is 0 Å². The highest BCUT2D eigenvalue weighted by Crippen LogP contribution is 1.99. The zero-order chi connectivity index (χ0) is 8.93. The van der Waals surface area contributed by atoms with Crippen LogP contribution in [0.25, 0.3) is 0 Å². The molecular formula is C7H7N5O. The van der Waals surface area contributed by atoms with E-state index in [4.69, 9.17) is 0 Å². The van der Waals surface area contributed by atoms with E-state index in [1.165, 1.54) is 6.39 Å². The molecule has 1 N–H and O–H groups in total. The van der Waals surface area contributed by atoms with Gasteiger partial charge in [0.1, 0.15) is 5.82 Å². The molecule has 0 saturated carbocycles. The molecule has 0 amide bonds. The molecule has 6 heteroatoms. The lowest BCUT2D eigenvalue weighted by Crippen LogP contribution is -2.02. The summed E-state index contributed by atoms with van der Waals surface area (Å²) in [5.41, 5.74) is 0. The second-order valence-electron chi connectivity index (χ2n) is 2.29. The molecule has 6 nitrogen and oxygen atoms in total. The Balaban J connectivity index is 1.94. The van der Waals surface area contributed by atoms with Gasteiger partial charge in [0.15, 0.2) is 5.82 Å². The highest BCUT2D eigenvalue weighted by atomic mass is 16.5. The van der Waals surface area contributed by atoms with Gasteiger partial charge in [-0.25, -0.2) is 4.98 Å². The van der Waals surface area contributed by atoms with Crippen LogP contribution < -0.4 is 5.32 Å². The molecule has 2 aromatic rings. The molecule has 13 heavy (non-hydrogen) atoms. The standard InChI is InChI=1S/C7H7N5O/c1-2-9-6(3-8-1)10-4-7-11-5-13-12-7/h1-3,5H,4H2,(H,9,10). The summed E-state index contributed by atoms with van der Waals surface area (Å²) in [6.45, 7) is 0.481. The van der Waals surface area contributed by atoms with Gasteiger partial charge >= 0.3 is 0 Å². The number of anilines is 1. The fraction of sp³-hybridized carbons (Fsp3) is 0.143. The van der Waals surface area contributed by atoms with Crippen LogP contribution in [-0.2, 0) is 6.54 Å². The first-order valence-corrected chi connectivity index (χ1v) is 3.70. The van der Waals surface area contributed by atoms with Crippen LogP contribution in [0.4, 0.5) is 5.82 Å². The zero-order valence-corrected chi connectivity index (χ0v) is 6.71. The Labute approximate surface area is 74.0 Å². The van der Waals surface area contributed by atoms with Crippen molar-refractivity contribution in [2.75, 3.05) is 5.32 Å². The molecule has 0 aliphatic heterocycles. The lowest BCUT2D eigenvalue weighted by Gasteiger charge is -1.99. The molecule has 2 aromatic heterocycles. The van der Waals surface area contributed by atoms with E-state index in [0.29, 0.717) is 18.2 Å². The van der Waals surface area contributed by atoms with Crippen LogP contribution >= 0.6 is 0 Å². The lowest BCUT2D eigenvalue weighted by molar-refractivity contribution is 0.411. The third-order valence-electron chi connectivity index (χ3n) is 1.40. The number of nitrogens with one attached hydrogen (secondary N) is 1. The molecule has 66 valence electrons. The Morgan fingerprint density at radius 1 is 1.31 bits per heavy atom. The summed E-state index contributed by atoms with van der Waals surface area (Å²) in [5, 5.41) is 6.62. The van der Waals surface area contributed by atoms with E-state index in [-0.39, 0.29) is 0 Å². The van der Waals surface area contributed by atoms with E-state index in [2.05, 4.69) is 29.9 Å². The topological polar surface area (TPSA) is 76.7 Å². The van der Waals surface area contributed by atoms with Gasteiger partial charge in [0.05, 0.1) is 12.7 Å². The minimum atomic E-state index is 0.481. The third-order valence-corrected chi connectivity index (χ3v) is 1.40. The van der Waals surface area contributed by atoms with Crippen LogP contribution in [0.3, 0.4) is 0 Å². The Kier molecular flexibility index (Phi) is 2.13. The van der Waals surface area contributed by atoms with Crippen LogP contribution in [0.5, 0.6) is 0 Å². The maximum atomic E-state index is 4.57. The summed E-state index contributed by atoms with van der Waals surface area (Å²) in [4.78, 5) is 11.8. The average molecular weight is 177 g/mol. The predicted molar refractivity (Wildman–Crippen MR) is 43.7 cm³/mol. The van der Waals surface area contributed by atoms with Gasteiger partial charge in [-0.15, -0.1) is 0 Å². The summed E-state index contributed by atoms with van der Waals surface area (Å²) in [7, 11) is 0. The van der Waals surface area contributed by atoms with E-state index in [0.717, 1.165) is 0 Å². The second kappa shape index (κ2) is 3.61. The summed E-state index contributed by atoms with van der Waals surface area (Å²) >= 11 is 0. The molecule has 2 heterocycles. The van der Waals surface area contributed by atoms with E-state index in [9.17, 15) is 0 Å². The Morgan fingerprint density at radius 2 is 2.31 bits per heavy atom. The normalized spacial score (nSPS) is 9.85. The molecule has 0 fully saturated rings. The summed E-state index contributed by atoms with van der Waals surface area (Å²) < 4.78 is 4.57. The molecule has 0 bridgehead atoms. The minimum absolute atomic E-state index is 0.481. The van der Waals surface area contributed by atoms with Gasteiger partial charge in [-0.05, 0) is 0 Å². The average Bonchev–Trinajstić information content (AvgIpc) is 2.69. The smallest absolute Gasteiger partial charge is 0.213 e. The van der Waals surface area contributed by atoms with Crippen molar-refractivity contribution in [2.45, 2.75) is 6.54 Å². The van der Waals surface area contributed by atoms with Crippen LogP contribution in [0.2, 0.25) is 0 Å². The van der Waals surface area contributed by atoms with Crippen LogP contribution in [0.1, 0.15) is 5.82 Å². The molecular weight excluding hydrogens is 170 g/mol. The van der Waals surface area contributed by atoms with Crippen molar-refractivity contribution >= 4 is 5.82 Å². The molecule has 0 saturated heterocycles. The first-order valence-electron chi connectivity index (χ1n) is 3.70. The fourth-order valence-corrected chi connectivity index (χ4v) is 0.830.